The average molecular weight is 659 g/mol. The molecule has 1 atom stereocenters. The first kappa shape index (κ1) is 45.6. The van der Waals surface area contributed by atoms with Crippen LogP contribution < -0.4 is 0 Å². The van der Waals surface area contributed by atoms with Crippen LogP contribution in [0.5, 0.6) is 0 Å². The lowest BCUT2D eigenvalue weighted by Crippen LogP contribution is -2.26. The molecule has 0 N–H and O–H groups in total. The van der Waals surface area contributed by atoms with E-state index in [1.165, 1.54) is 148 Å². The Hall–Kier alpha value is -1.38. The van der Waals surface area contributed by atoms with E-state index < -0.39 is 5.92 Å². The van der Waals surface area contributed by atoms with Crippen molar-refractivity contribution < 1.29 is 14.3 Å². The van der Waals surface area contributed by atoms with Crippen LogP contribution in [-0.2, 0) is 14.3 Å². The van der Waals surface area contributed by atoms with Crippen LogP contribution in [0.25, 0.3) is 0 Å². The van der Waals surface area contributed by atoms with Gasteiger partial charge >= 0.3 is 5.97 Å². The van der Waals surface area contributed by atoms with E-state index in [2.05, 4.69) is 45.1 Å². The molecule has 47 heavy (non-hydrogen) atoms. The third-order valence-corrected chi connectivity index (χ3v) is 9.64. The number of hydrogen-bond donors (Lipinski definition) is 0. The highest BCUT2D eigenvalue weighted by Gasteiger charge is 2.27. The predicted molar refractivity (Wildman–Crippen MR) is 207 cm³/mol. The molecular weight excluding hydrogens is 576 g/mol. The normalized spacial score (nSPS) is 12.4. The quantitative estimate of drug-likeness (QED) is 0.0287. The third-order valence-electron chi connectivity index (χ3n) is 9.64. The molecule has 0 saturated heterocycles. The zero-order valence-electron chi connectivity index (χ0n) is 32.2. The zero-order valence-corrected chi connectivity index (χ0v) is 32.2. The van der Waals surface area contributed by atoms with Gasteiger partial charge in [0.05, 0.1) is 6.61 Å². The second-order valence-electron chi connectivity index (χ2n) is 14.3. The minimum Gasteiger partial charge on any atom is -0.465 e. The summed E-state index contributed by atoms with van der Waals surface area (Å²) in [6.45, 7) is 7.23. The standard InChI is InChI=1S/C44H82O3/c1-4-7-10-13-16-18-20-22-24-26-28-30-32-34-37-40-43(45)42(44(46)47-41-38-35-15-12-9-6-3)39-36-33-31-29-27-25-23-21-19-17-14-11-8-5-2/h16,18,22,24,42H,4-15,17,19-21,23,25-41H2,1-3H3/b18-16-,24-22-. The van der Waals surface area contributed by atoms with Crippen molar-refractivity contribution in [1.82, 2.24) is 0 Å². The summed E-state index contributed by atoms with van der Waals surface area (Å²) >= 11 is 0. The number of carbonyl (C=O) groups is 2. The predicted octanol–water partition coefficient (Wildman–Crippen LogP) is 14.8. The second kappa shape index (κ2) is 39.1. The Balaban J connectivity index is 4.20. The minimum absolute atomic E-state index is 0.123. The van der Waals surface area contributed by atoms with Gasteiger partial charge in [0.15, 0.2) is 0 Å². The first-order chi connectivity index (χ1) is 23.2. The molecular formula is C44H82O3. The van der Waals surface area contributed by atoms with E-state index >= 15 is 0 Å². The van der Waals surface area contributed by atoms with Crippen molar-refractivity contribution in [1.29, 1.82) is 0 Å². The SMILES string of the molecule is CCCCC/C=C\C/C=C\CCCCCCCC(=O)C(CCCCCCCCCCCCCCCC)C(=O)OCCCCCCCC. The molecule has 0 amide bonds. The number of ketones is 1. The topological polar surface area (TPSA) is 43.4 Å². The molecule has 0 aromatic heterocycles. The van der Waals surface area contributed by atoms with Gasteiger partial charge in [-0.05, 0) is 51.4 Å². The summed E-state index contributed by atoms with van der Waals surface area (Å²) in [5.74, 6) is -0.669. The third kappa shape index (κ3) is 34.3. The summed E-state index contributed by atoms with van der Waals surface area (Å²) in [6, 6.07) is 0. The summed E-state index contributed by atoms with van der Waals surface area (Å²) in [7, 11) is 0. The van der Waals surface area contributed by atoms with Gasteiger partial charge < -0.3 is 4.74 Å². The second-order valence-corrected chi connectivity index (χ2v) is 14.3. The van der Waals surface area contributed by atoms with E-state index in [1.807, 2.05) is 0 Å². The molecule has 0 aromatic carbocycles. The zero-order chi connectivity index (χ0) is 34.3. The van der Waals surface area contributed by atoms with Crippen LogP contribution in [-0.4, -0.2) is 18.4 Å². The Morgan fingerprint density at radius 3 is 1.34 bits per heavy atom. The van der Waals surface area contributed by atoms with E-state index in [4.69, 9.17) is 4.74 Å². The number of esters is 1. The van der Waals surface area contributed by atoms with Gasteiger partial charge in [-0.25, -0.2) is 0 Å². The number of allylic oxidation sites excluding steroid dienone is 4. The Morgan fingerprint density at radius 1 is 0.447 bits per heavy atom. The molecule has 1 unspecified atom stereocenters. The van der Waals surface area contributed by atoms with Crippen LogP contribution in [0.15, 0.2) is 24.3 Å². The van der Waals surface area contributed by atoms with Crippen molar-refractivity contribution in [2.24, 2.45) is 5.92 Å². The van der Waals surface area contributed by atoms with Gasteiger partial charge in [0.25, 0.3) is 0 Å². The molecule has 0 bridgehead atoms. The van der Waals surface area contributed by atoms with Gasteiger partial charge in [-0.2, -0.15) is 0 Å². The fraction of sp³-hybridized carbons (Fsp3) is 0.864. The fourth-order valence-corrected chi connectivity index (χ4v) is 6.39. The van der Waals surface area contributed by atoms with Gasteiger partial charge in [0, 0.05) is 6.42 Å². The van der Waals surface area contributed by atoms with Crippen molar-refractivity contribution in [2.45, 2.75) is 233 Å². The van der Waals surface area contributed by atoms with Crippen molar-refractivity contribution in [3.8, 4) is 0 Å². The lowest BCUT2D eigenvalue weighted by Gasteiger charge is -2.15. The number of carbonyl (C=O) groups excluding carboxylic acids is 2. The molecule has 0 aliphatic carbocycles. The van der Waals surface area contributed by atoms with E-state index in [-0.39, 0.29) is 11.8 Å². The highest BCUT2D eigenvalue weighted by atomic mass is 16.5. The summed E-state index contributed by atoms with van der Waals surface area (Å²) in [5, 5.41) is 0. The number of Topliss-reactive ketones (excluding diaryl/α,β-unsaturated/α-hetero) is 1. The number of ether oxygens (including phenoxy) is 1. The smallest absolute Gasteiger partial charge is 0.316 e. The van der Waals surface area contributed by atoms with Crippen LogP contribution in [0, 0.1) is 5.92 Å². The average Bonchev–Trinajstić information content (AvgIpc) is 3.07. The van der Waals surface area contributed by atoms with E-state index in [0.29, 0.717) is 19.4 Å². The lowest BCUT2D eigenvalue weighted by atomic mass is 9.92. The van der Waals surface area contributed by atoms with Gasteiger partial charge in [0.2, 0.25) is 0 Å². The Labute approximate surface area is 294 Å². The van der Waals surface area contributed by atoms with Crippen molar-refractivity contribution in [2.75, 3.05) is 6.61 Å². The summed E-state index contributed by atoms with van der Waals surface area (Å²) < 4.78 is 5.66. The van der Waals surface area contributed by atoms with E-state index in [1.54, 1.807) is 0 Å². The maximum Gasteiger partial charge on any atom is 0.316 e. The van der Waals surface area contributed by atoms with Crippen LogP contribution in [0.1, 0.15) is 233 Å². The molecule has 3 heteroatoms. The van der Waals surface area contributed by atoms with Crippen molar-refractivity contribution in [3.05, 3.63) is 24.3 Å². The molecule has 0 fully saturated rings. The molecule has 3 nitrogen and oxygen atoms in total. The number of unbranched alkanes of at least 4 members (excludes halogenated alkanes) is 26. The highest BCUT2D eigenvalue weighted by Crippen LogP contribution is 2.20. The summed E-state index contributed by atoms with van der Waals surface area (Å²) in [6.07, 6.45) is 48.8. The molecule has 0 heterocycles. The van der Waals surface area contributed by atoms with Crippen LogP contribution in [0.3, 0.4) is 0 Å². The fourth-order valence-electron chi connectivity index (χ4n) is 6.39. The van der Waals surface area contributed by atoms with Crippen LogP contribution in [0.2, 0.25) is 0 Å². The maximum absolute atomic E-state index is 13.2. The summed E-state index contributed by atoms with van der Waals surface area (Å²) in [5.41, 5.74) is 0. The van der Waals surface area contributed by atoms with Crippen molar-refractivity contribution >= 4 is 11.8 Å². The number of hydrogen-bond acceptors (Lipinski definition) is 3. The van der Waals surface area contributed by atoms with E-state index in [9.17, 15) is 9.59 Å². The number of rotatable bonds is 38. The monoisotopic (exact) mass is 659 g/mol. The van der Waals surface area contributed by atoms with Crippen LogP contribution in [0.4, 0.5) is 0 Å². The lowest BCUT2D eigenvalue weighted by molar-refractivity contribution is -0.152. The molecule has 0 aliphatic heterocycles. The molecule has 0 aliphatic rings. The molecule has 0 saturated carbocycles. The molecule has 276 valence electrons. The molecule has 0 spiro atoms. The Bertz CT molecular complexity index is 709. The molecule has 0 aromatic rings. The van der Waals surface area contributed by atoms with Crippen LogP contribution >= 0.6 is 0 Å². The van der Waals surface area contributed by atoms with E-state index in [0.717, 1.165) is 51.4 Å². The van der Waals surface area contributed by atoms with Gasteiger partial charge in [-0.3, -0.25) is 9.59 Å². The summed E-state index contributed by atoms with van der Waals surface area (Å²) in [4.78, 5) is 26.2. The first-order valence-electron chi connectivity index (χ1n) is 21.2. The van der Waals surface area contributed by atoms with Gasteiger partial charge in [0.1, 0.15) is 11.7 Å². The molecule has 0 rings (SSSR count). The highest BCUT2D eigenvalue weighted by molar-refractivity contribution is 5.98. The maximum atomic E-state index is 13.2. The van der Waals surface area contributed by atoms with Gasteiger partial charge in [-0.1, -0.05) is 199 Å². The first-order valence-corrected chi connectivity index (χ1v) is 21.2. The minimum atomic E-state index is -0.543. The van der Waals surface area contributed by atoms with Crippen molar-refractivity contribution in [3.63, 3.8) is 0 Å². The molecule has 0 radical (unpaired) electrons. The largest absolute Gasteiger partial charge is 0.465 e. The Morgan fingerprint density at radius 2 is 0.830 bits per heavy atom. The van der Waals surface area contributed by atoms with Gasteiger partial charge in [-0.15, -0.1) is 0 Å². The Kier molecular flexibility index (Phi) is 37.9.